The first kappa shape index (κ1) is 18.5. The Morgan fingerprint density at radius 3 is 2.60 bits per heavy atom. The molecule has 9 heteroatoms. The van der Waals surface area contributed by atoms with E-state index in [-0.39, 0.29) is 6.73 Å². The quantitative estimate of drug-likeness (QED) is 0.116. The second-order valence-corrected chi connectivity index (χ2v) is 4.82. The topological polar surface area (TPSA) is 125 Å². The molecule has 0 aliphatic carbocycles. The van der Waals surface area contributed by atoms with Crippen LogP contribution in [-0.4, -0.2) is 57.9 Å². The summed E-state index contributed by atoms with van der Waals surface area (Å²) in [6, 6.07) is -0.870. The lowest BCUT2D eigenvalue weighted by Gasteiger charge is -2.22. The van der Waals surface area contributed by atoms with Crippen LogP contribution in [0, 0.1) is 0 Å². The van der Waals surface area contributed by atoms with Crippen LogP contribution in [0.1, 0.15) is 26.2 Å². The highest BCUT2D eigenvalue weighted by Gasteiger charge is 2.13. The second-order valence-electron chi connectivity index (χ2n) is 4.08. The SMILES string of the molecule is CSC(=O)OCN(CCCC[C@H](N)C(=O)O)C(C)=NO. The molecule has 0 spiro atoms. The Labute approximate surface area is 121 Å². The average molecular weight is 307 g/mol. The van der Waals surface area contributed by atoms with Gasteiger partial charge in [0.25, 0.3) is 0 Å². The number of ether oxygens (including phenoxy) is 1. The lowest BCUT2D eigenvalue weighted by molar-refractivity contribution is -0.138. The van der Waals surface area contributed by atoms with Crippen molar-refractivity contribution < 1.29 is 24.6 Å². The number of nitrogens with two attached hydrogens (primary N) is 1. The van der Waals surface area contributed by atoms with E-state index in [9.17, 15) is 9.59 Å². The van der Waals surface area contributed by atoms with Crippen LogP contribution in [0.5, 0.6) is 0 Å². The molecule has 0 aliphatic rings. The minimum Gasteiger partial charge on any atom is -0.480 e. The maximum absolute atomic E-state index is 11.1. The summed E-state index contributed by atoms with van der Waals surface area (Å²) in [6.45, 7) is 2.04. The fraction of sp³-hybridized carbons (Fsp3) is 0.727. The molecule has 0 aliphatic heterocycles. The molecule has 0 aromatic heterocycles. The molecule has 8 nitrogen and oxygen atoms in total. The van der Waals surface area contributed by atoms with Gasteiger partial charge in [-0.2, -0.15) is 0 Å². The molecule has 0 saturated carbocycles. The van der Waals surface area contributed by atoms with E-state index in [2.05, 4.69) is 5.16 Å². The number of hydrogen-bond donors (Lipinski definition) is 3. The third-order valence-electron chi connectivity index (χ3n) is 2.62. The second kappa shape index (κ2) is 10.3. The van der Waals surface area contributed by atoms with Crippen LogP contribution in [0.25, 0.3) is 0 Å². The standard InChI is InChI=1S/C11H21N3O5S/c1-8(13-18)14(7-19-11(17)20-2)6-4-3-5-9(12)10(15)16/h9,18H,3-7,12H2,1-2H3,(H,15,16)/t9-/m0/s1. The fourth-order valence-electron chi connectivity index (χ4n) is 1.36. The molecular formula is C11H21N3O5S. The van der Waals surface area contributed by atoms with Gasteiger partial charge in [-0.3, -0.25) is 4.79 Å². The number of oxime groups is 1. The highest BCUT2D eigenvalue weighted by Crippen LogP contribution is 2.05. The van der Waals surface area contributed by atoms with Crippen LogP contribution < -0.4 is 5.73 Å². The average Bonchev–Trinajstić information content (AvgIpc) is 2.44. The van der Waals surface area contributed by atoms with Crippen molar-refractivity contribution in [3.05, 3.63) is 0 Å². The van der Waals surface area contributed by atoms with Crippen LogP contribution >= 0.6 is 11.8 Å². The molecule has 20 heavy (non-hydrogen) atoms. The highest BCUT2D eigenvalue weighted by atomic mass is 32.2. The number of carbonyl (C=O) groups is 2. The molecule has 0 unspecified atom stereocenters. The first-order valence-electron chi connectivity index (χ1n) is 6.05. The summed E-state index contributed by atoms with van der Waals surface area (Å²) in [7, 11) is 0. The van der Waals surface area contributed by atoms with E-state index in [4.69, 9.17) is 20.8 Å². The van der Waals surface area contributed by atoms with E-state index < -0.39 is 17.3 Å². The summed E-state index contributed by atoms with van der Waals surface area (Å²) in [6.07, 6.45) is 3.22. The largest absolute Gasteiger partial charge is 0.480 e. The Balaban J connectivity index is 4.11. The van der Waals surface area contributed by atoms with E-state index in [1.54, 1.807) is 18.1 Å². The minimum absolute atomic E-state index is 0.0133. The van der Waals surface area contributed by atoms with Crippen molar-refractivity contribution >= 4 is 28.9 Å². The zero-order chi connectivity index (χ0) is 15.5. The summed E-state index contributed by atoms with van der Waals surface area (Å²) < 4.78 is 4.93. The number of hydrogen-bond acceptors (Lipinski definition) is 7. The molecule has 0 aromatic carbocycles. The van der Waals surface area contributed by atoms with Crippen molar-refractivity contribution in [2.75, 3.05) is 19.5 Å². The van der Waals surface area contributed by atoms with Crippen molar-refractivity contribution in [1.82, 2.24) is 4.90 Å². The van der Waals surface area contributed by atoms with E-state index >= 15 is 0 Å². The van der Waals surface area contributed by atoms with Gasteiger partial charge in [-0.1, -0.05) is 5.16 Å². The number of carboxylic acid groups (broad SMARTS) is 1. The predicted molar refractivity (Wildman–Crippen MR) is 75.9 cm³/mol. The number of carboxylic acids is 1. The highest BCUT2D eigenvalue weighted by molar-refractivity contribution is 8.12. The molecule has 0 amide bonds. The van der Waals surface area contributed by atoms with Crippen LogP contribution in [-0.2, 0) is 9.53 Å². The first-order chi connectivity index (χ1) is 9.42. The van der Waals surface area contributed by atoms with Gasteiger partial charge in [-0.25, -0.2) is 4.79 Å². The molecule has 0 aromatic rings. The van der Waals surface area contributed by atoms with Crippen molar-refractivity contribution in [2.45, 2.75) is 32.2 Å². The lowest BCUT2D eigenvalue weighted by atomic mass is 10.1. The van der Waals surface area contributed by atoms with Crippen LogP contribution in [0.4, 0.5) is 4.79 Å². The van der Waals surface area contributed by atoms with Crippen molar-refractivity contribution in [2.24, 2.45) is 10.9 Å². The Bertz CT molecular complexity index is 351. The molecule has 0 fully saturated rings. The molecule has 0 bridgehead atoms. The number of nitrogens with zero attached hydrogens (tertiary/aromatic N) is 2. The number of aliphatic carboxylic acids is 1. The Morgan fingerprint density at radius 2 is 2.10 bits per heavy atom. The summed E-state index contributed by atoms with van der Waals surface area (Å²) in [5.74, 6) is -0.703. The number of amidine groups is 1. The molecular weight excluding hydrogens is 286 g/mol. The predicted octanol–water partition coefficient (Wildman–Crippen LogP) is 1.14. The molecule has 116 valence electrons. The van der Waals surface area contributed by atoms with Crippen molar-refractivity contribution in [3.63, 3.8) is 0 Å². The maximum Gasteiger partial charge on any atom is 0.368 e. The first-order valence-corrected chi connectivity index (χ1v) is 7.27. The lowest BCUT2D eigenvalue weighted by Crippen LogP contribution is -2.33. The van der Waals surface area contributed by atoms with Gasteiger partial charge in [-0.15, -0.1) is 0 Å². The van der Waals surface area contributed by atoms with E-state index in [0.717, 1.165) is 11.8 Å². The molecule has 0 rings (SSSR count). The monoisotopic (exact) mass is 307 g/mol. The summed E-state index contributed by atoms with van der Waals surface area (Å²) in [4.78, 5) is 23.2. The zero-order valence-electron chi connectivity index (χ0n) is 11.6. The third kappa shape index (κ3) is 7.85. The van der Waals surface area contributed by atoms with E-state index in [0.29, 0.717) is 31.6 Å². The molecule has 0 radical (unpaired) electrons. The van der Waals surface area contributed by atoms with Crippen LogP contribution in [0.2, 0.25) is 0 Å². The normalized spacial score (nSPS) is 12.8. The van der Waals surface area contributed by atoms with Crippen LogP contribution in [0.15, 0.2) is 5.16 Å². The Hall–Kier alpha value is -1.48. The number of rotatable bonds is 8. The minimum atomic E-state index is -1.02. The number of unbranched alkanes of at least 4 members (excludes halogenated alkanes) is 1. The summed E-state index contributed by atoms with van der Waals surface area (Å²) in [5.41, 5.74) is 5.39. The Kier molecular flexibility index (Phi) is 9.56. The van der Waals surface area contributed by atoms with Gasteiger partial charge in [0.1, 0.15) is 11.9 Å². The van der Waals surface area contributed by atoms with Crippen molar-refractivity contribution in [3.8, 4) is 0 Å². The fourth-order valence-corrected chi connectivity index (χ4v) is 1.53. The third-order valence-corrected chi connectivity index (χ3v) is 3.07. The smallest absolute Gasteiger partial charge is 0.368 e. The summed E-state index contributed by atoms with van der Waals surface area (Å²) in [5, 5.41) is 20.0. The Morgan fingerprint density at radius 1 is 1.45 bits per heavy atom. The van der Waals surface area contributed by atoms with E-state index in [1.807, 2.05) is 0 Å². The molecule has 0 saturated heterocycles. The van der Waals surface area contributed by atoms with Gasteiger partial charge in [-0.05, 0) is 44.2 Å². The maximum atomic E-state index is 11.1. The van der Waals surface area contributed by atoms with Gasteiger partial charge >= 0.3 is 11.3 Å². The number of carbonyl (C=O) groups excluding carboxylic acids is 1. The van der Waals surface area contributed by atoms with E-state index in [1.165, 1.54) is 0 Å². The van der Waals surface area contributed by atoms with Gasteiger partial charge in [0.15, 0.2) is 6.73 Å². The van der Waals surface area contributed by atoms with Gasteiger partial charge in [0, 0.05) is 6.54 Å². The van der Waals surface area contributed by atoms with Crippen molar-refractivity contribution in [1.29, 1.82) is 0 Å². The van der Waals surface area contributed by atoms with Gasteiger partial charge in [0.2, 0.25) is 0 Å². The summed E-state index contributed by atoms with van der Waals surface area (Å²) >= 11 is 0.950. The van der Waals surface area contributed by atoms with Gasteiger partial charge in [0.05, 0.1) is 0 Å². The number of thioether (sulfide) groups is 1. The molecule has 4 N–H and O–H groups in total. The molecule has 0 heterocycles. The van der Waals surface area contributed by atoms with Gasteiger partial charge < -0.3 is 25.7 Å². The zero-order valence-corrected chi connectivity index (χ0v) is 12.4. The molecule has 1 atom stereocenters. The van der Waals surface area contributed by atoms with Crippen LogP contribution in [0.3, 0.4) is 0 Å².